The van der Waals surface area contributed by atoms with Crippen molar-refractivity contribution in [2.45, 2.75) is 44.4 Å². The Balaban J connectivity index is 0.000000194. The van der Waals surface area contributed by atoms with Crippen molar-refractivity contribution in [3.8, 4) is 22.6 Å². The van der Waals surface area contributed by atoms with Crippen molar-refractivity contribution in [3.63, 3.8) is 0 Å². The third-order valence-electron chi connectivity index (χ3n) is 7.22. The molecule has 0 amide bonds. The summed E-state index contributed by atoms with van der Waals surface area (Å²) < 4.78 is 76.5. The second-order valence-electron chi connectivity index (χ2n) is 11.2. The molecule has 45 heavy (non-hydrogen) atoms. The molecule has 0 N–H and O–H groups in total. The molecule has 7 rings (SSSR count). The molecule has 2 aromatic carbocycles. The van der Waals surface area contributed by atoms with Crippen LogP contribution < -0.4 is 4.40 Å². The molecule has 231 valence electrons. The number of rotatable bonds is 4. The SMILES string of the molecule is CCn1c(-c2[c-]nc3sc4nc(F)ccc4c3c2)nc2ccccc21.[2H]C([2H])([2H])c1cc(-c2[c-]ccc(C([2H])([2H])[2H])c2F)nc[c]1[Ge]([CH3])([CH3])[CH3].[Ir]. The predicted molar refractivity (Wildman–Crippen MR) is 179 cm³/mol. The molecular weight excluding hydrogens is 825 g/mol. The van der Waals surface area contributed by atoms with E-state index in [4.69, 9.17) is 13.2 Å². The van der Waals surface area contributed by atoms with Crippen LogP contribution in [0.4, 0.5) is 8.78 Å². The van der Waals surface area contributed by atoms with Crippen molar-refractivity contribution < 1.29 is 37.1 Å². The number of hydrogen-bond acceptors (Lipinski definition) is 5. The number of aromatic nitrogens is 5. The van der Waals surface area contributed by atoms with Crippen LogP contribution in [0.2, 0.25) is 17.3 Å². The van der Waals surface area contributed by atoms with Crippen molar-refractivity contribution in [2.75, 3.05) is 0 Å². The summed E-state index contributed by atoms with van der Waals surface area (Å²) in [5.41, 5.74) is 2.53. The number of nitrogens with zero attached hydrogens (tertiary/aromatic N) is 5. The topological polar surface area (TPSA) is 56.5 Å². The van der Waals surface area contributed by atoms with E-state index in [0.717, 1.165) is 55.0 Å². The van der Waals surface area contributed by atoms with Gasteiger partial charge in [-0.05, 0) is 37.4 Å². The molecule has 0 bridgehead atoms. The van der Waals surface area contributed by atoms with Gasteiger partial charge in [0.25, 0.3) is 0 Å². The van der Waals surface area contributed by atoms with Crippen LogP contribution in [-0.4, -0.2) is 37.8 Å². The molecule has 5 aromatic heterocycles. The van der Waals surface area contributed by atoms with Crippen molar-refractivity contribution in [1.82, 2.24) is 24.5 Å². The number of aryl methyl sites for hydroxylation is 3. The van der Waals surface area contributed by atoms with Gasteiger partial charge in [-0.2, -0.15) is 4.39 Å². The first kappa shape index (κ1) is 25.8. The summed E-state index contributed by atoms with van der Waals surface area (Å²) in [7, 11) is 0. The molecule has 0 aliphatic heterocycles. The maximum atomic E-state index is 14.7. The molecule has 0 aliphatic rings. The van der Waals surface area contributed by atoms with Gasteiger partial charge in [-0.15, -0.1) is 17.4 Å². The molecule has 0 fully saturated rings. The molecule has 7 aromatic rings. The minimum absolute atomic E-state index is 0. The minimum atomic E-state index is -2.61. The number of para-hydroxylation sites is 2. The van der Waals surface area contributed by atoms with Crippen LogP contribution in [0.5, 0.6) is 0 Å². The average Bonchev–Trinajstić information content (AvgIpc) is 3.60. The van der Waals surface area contributed by atoms with Crippen LogP contribution in [0, 0.1) is 37.7 Å². The molecule has 0 unspecified atom stereocenters. The maximum Gasteiger partial charge on any atom is 0 e. The molecule has 0 aliphatic carbocycles. The molecule has 0 spiro atoms. The Morgan fingerprint density at radius 2 is 1.76 bits per heavy atom. The smallest absolute Gasteiger partial charge is 0 e. The second kappa shape index (κ2) is 13.2. The van der Waals surface area contributed by atoms with Gasteiger partial charge in [0.05, 0.1) is 16.9 Å². The molecular formula is C35H31F2GeIrN5S-2. The summed E-state index contributed by atoms with van der Waals surface area (Å²) in [5, 5.41) is 1.86. The first-order valence-corrected chi connectivity index (χ1v) is 22.1. The fraction of sp³-hybridized carbons (Fsp3) is 0.200. The van der Waals surface area contributed by atoms with Crippen LogP contribution >= 0.6 is 11.3 Å². The average molecular weight is 863 g/mol. The largest absolute Gasteiger partial charge is 0 e. The molecule has 1 radical (unpaired) electrons. The monoisotopic (exact) mass is 864 g/mol. The van der Waals surface area contributed by atoms with Crippen LogP contribution in [0.25, 0.3) is 54.1 Å². The van der Waals surface area contributed by atoms with E-state index in [1.807, 2.05) is 41.5 Å². The zero-order valence-corrected chi connectivity index (χ0v) is 30.1. The molecule has 0 saturated heterocycles. The maximum absolute atomic E-state index is 14.7. The number of pyridine rings is 3. The number of benzene rings is 2. The zero-order valence-electron chi connectivity index (χ0n) is 30.8. The van der Waals surface area contributed by atoms with Crippen LogP contribution in [0.15, 0.2) is 66.9 Å². The Kier molecular flexibility index (Phi) is 7.54. The van der Waals surface area contributed by atoms with Crippen LogP contribution in [0.3, 0.4) is 0 Å². The number of imidazole rings is 1. The normalized spacial score (nSPS) is 14.0. The first-order chi connectivity index (χ1) is 23.5. The van der Waals surface area contributed by atoms with Gasteiger partial charge in [0.15, 0.2) is 0 Å². The molecule has 5 nitrogen and oxygen atoms in total. The third-order valence-corrected chi connectivity index (χ3v) is 12.5. The van der Waals surface area contributed by atoms with Crippen LogP contribution in [-0.2, 0) is 26.7 Å². The molecule has 0 atom stereocenters. The minimum Gasteiger partial charge on any atom is 0 e. The van der Waals surface area contributed by atoms with Gasteiger partial charge < -0.3 is 9.55 Å². The summed E-state index contributed by atoms with van der Waals surface area (Å²) in [4.78, 5) is 18.8. The van der Waals surface area contributed by atoms with Gasteiger partial charge in [-0.1, -0.05) is 23.1 Å². The number of halogens is 2. The fourth-order valence-corrected chi connectivity index (χ4v) is 8.81. The number of thiophene rings is 1. The molecule has 0 saturated carbocycles. The summed E-state index contributed by atoms with van der Waals surface area (Å²) in [6, 6.07) is 19.7. The summed E-state index contributed by atoms with van der Waals surface area (Å²) in [6.45, 7) is -2.07. The van der Waals surface area contributed by atoms with E-state index in [0.29, 0.717) is 4.83 Å². The fourth-order valence-electron chi connectivity index (χ4n) is 5.04. The van der Waals surface area contributed by atoms with E-state index in [-0.39, 0.29) is 36.9 Å². The van der Waals surface area contributed by atoms with Crippen LogP contribution in [0.1, 0.15) is 26.3 Å². The number of hydrogen-bond donors (Lipinski definition) is 0. The number of fused-ring (bicyclic) bond motifs is 4. The second-order valence-corrected chi connectivity index (χ2v) is 22.8. The van der Waals surface area contributed by atoms with Gasteiger partial charge in [-0.3, -0.25) is 4.98 Å². The third kappa shape index (κ3) is 6.49. The Morgan fingerprint density at radius 3 is 2.51 bits per heavy atom. The first-order valence-electron chi connectivity index (χ1n) is 16.9. The van der Waals surface area contributed by atoms with Crippen molar-refractivity contribution >= 4 is 60.5 Å². The quantitative estimate of drug-likeness (QED) is 0.101. The standard InChI is InChI=1S/C19H12FN4S.C16H19FGeN.Ir/c1-2-24-15-6-4-3-5-14(15)22-17(24)11-9-13-12-7-8-16(20)23-19(12)25-18(13)21-10-11;1-11-7-6-8-13(16(11)17)15-9-12(2)14(10-19-15)18(3,4)5;/h3-9H,2H2,1H3;6-7,9-10H,1-5H3;/q2*-1;/i;1D3,2D3;. The van der Waals surface area contributed by atoms with Gasteiger partial charge in [-0.25, -0.2) is 4.98 Å². The summed E-state index contributed by atoms with van der Waals surface area (Å²) >= 11 is -1.14. The van der Waals surface area contributed by atoms with Crippen molar-refractivity contribution in [1.29, 1.82) is 0 Å². The van der Waals surface area contributed by atoms with Gasteiger partial charge in [0.1, 0.15) is 4.83 Å². The zero-order chi connectivity index (χ0) is 36.2. The Bertz CT molecular complexity index is 2390. The van der Waals surface area contributed by atoms with E-state index in [9.17, 15) is 8.78 Å². The van der Waals surface area contributed by atoms with Gasteiger partial charge in [0.2, 0.25) is 5.95 Å². The molecule has 10 heteroatoms. The Hall–Kier alpha value is -3.37. The van der Waals surface area contributed by atoms with E-state index >= 15 is 0 Å². The van der Waals surface area contributed by atoms with E-state index in [1.165, 1.54) is 35.7 Å². The van der Waals surface area contributed by atoms with Gasteiger partial charge in [0, 0.05) is 36.9 Å². The van der Waals surface area contributed by atoms with Crippen molar-refractivity contribution in [2.24, 2.45) is 0 Å². The Morgan fingerprint density at radius 1 is 0.956 bits per heavy atom. The Labute approximate surface area is 289 Å². The van der Waals surface area contributed by atoms with E-state index in [2.05, 4.69) is 44.8 Å². The van der Waals surface area contributed by atoms with E-state index in [1.54, 1.807) is 6.07 Å². The van der Waals surface area contributed by atoms with Gasteiger partial charge >= 0.3 is 125 Å². The summed E-state index contributed by atoms with van der Waals surface area (Å²) in [6.07, 6.45) is 4.59. The summed E-state index contributed by atoms with van der Waals surface area (Å²) in [5.74, 6) is 5.57. The van der Waals surface area contributed by atoms with Crippen molar-refractivity contribution in [3.05, 3.63) is 102 Å². The molecule has 5 heterocycles. The van der Waals surface area contributed by atoms with E-state index < -0.39 is 44.3 Å². The predicted octanol–water partition coefficient (Wildman–Crippen LogP) is 8.67.